The van der Waals surface area contributed by atoms with Crippen molar-refractivity contribution in [3.8, 4) is 5.75 Å². The van der Waals surface area contributed by atoms with Crippen molar-refractivity contribution in [1.82, 2.24) is 0 Å². The summed E-state index contributed by atoms with van der Waals surface area (Å²) in [5, 5.41) is 0. The van der Waals surface area contributed by atoms with Crippen LogP contribution in [0.15, 0.2) is 22.7 Å². The van der Waals surface area contributed by atoms with Crippen LogP contribution in [0, 0.1) is 5.82 Å². The van der Waals surface area contributed by atoms with Crippen LogP contribution in [-0.4, -0.2) is 13.2 Å². The molecule has 0 fully saturated rings. The van der Waals surface area contributed by atoms with E-state index < -0.39 is 0 Å². The number of benzene rings is 1. The van der Waals surface area contributed by atoms with Gasteiger partial charge in [-0.3, -0.25) is 0 Å². The predicted molar refractivity (Wildman–Crippen MR) is 57.9 cm³/mol. The van der Waals surface area contributed by atoms with E-state index in [1.54, 1.807) is 12.1 Å². The van der Waals surface area contributed by atoms with Crippen molar-refractivity contribution in [2.45, 2.75) is 12.8 Å². The third kappa shape index (κ3) is 3.64. The predicted octanol–water partition coefficient (Wildman–Crippen LogP) is 2.71. The van der Waals surface area contributed by atoms with Crippen LogP contribution in [-0.2, 0) is 0 Å². The molecule has 0 radical (unpaired) electrons. The van der Waals surface area contributed by atoms with E-state index in [1.165, 1.54) is 6.07 Å². The fourth-order valence-corrected chi connectivity index (χ4v) is 1.35. The second kappa shape index (κ2) is 5.98. The molecule has 0 spiro atoms. The van der Waals surface area contributed by atoms with Gasteiger partial charge in [-0.25, -0.2) is 4.39 Å². The maximum absolute atomic E-state index is 13.2. The minimum atomic E-state index is -0.341. The maximum Gasteiger partial charge on any atom is 0.166 e. The lowest BCUT2D eigenvalue weighted by Crippen LogP contribution is -2.04. The van der Waals surface area contributed by atoms with Crippen molar-refractivity contribution in [3.63, 3.8) is 0 Å². The first-order chi connectivity index (χ1) is 6.74. The zero-order chi connectivity index (χ0) is 10.4. The van der Waals surface area contributed by atoms with Gasteiger partial charge < -0.3 is 10.5 Å². The van der Waals surface area contributed by atoms with Crippen LogP contribution >= 0.6 is 15.9 Å². The largest absolute Gasteiger partial charge is 0.491 e. The highest BCUT2D eigenvalue weighted by molar-refractivity contribution is 9.10. The first-order valence-corrected chi connectivity index (χ1v) is 5.31. The number of unbranched alkanes of at least 4 members (excludes halogenated alkanes) is 1. The summed E-state index contributed by atoms with van der Waals surface area (Å²) >= 11 is 3.18. The number of halogens is 2. The van der Waals surface area contributed by atoms with E-state index >= 15 is 0 Å². The van der Waals surface area contributed by atoms with Gasteiger partial charge in [-0.15, -0.1) is 0 Å². The molecule has 0 bridgehead atoms. The first kappa shape index (κ1) is 11.5. The van der Waals surface area contributed by atoms with Crippen molar-refractivity contribution in [2.75, 3.05) is 13.2 Å². The second-order valence-corrected chi connectivity index (χ2v) is 3.83. The summed E-state index contributed by atoms with van der Waals surface area (Å²) in [6.45, 7) is 1.15. The third-order valence-corrected chi connectivity index (χ3v) is 2.24. The van der Waals surface area contributed by atoms with Crippen molar-refractivity contribution < 1.29 is 9.13 Å². The second-order valence-electron chi connectivity index (χ2n) is 2.92. The molecule has 1 aromatic rings. The Kier molecular flexibility index (Phi) is 4.90. The minimum absolute atomic E-state index is 0.297. The van der Waals surface area contributed by atoms with Gasteiger partial charge in [0, 0.05) is 4.47 Å². The van der Waals surface area contributed by atoms with Crippen molar-refractivity contribution in [1.29, 1.82) is 0 Å². The average molecular weight is 262 g/mol. The normalized spacial score (nSPS) is 10.2. The molecule has 1 aromatic carbocycles. The van der Waals surface area contributed by atoms with E-state index in [0.717, 1.165) is 12.8 Å². The highest BCUT2D eigenvalue weighted by Gasteiger charge is 2.02. The number of hydrogen-bond donors (Lipinski definition) is 1. The van der Waals surface area contributed by atoms with Gasteiger partial charge in [0.05, 0.1) is 6.61 Å². The molecule has 0 amide bonds. The molecular weight excluding hydrogens is 249 g/mol. The van der Waals surface area contributed by atoms with E-state index in [0.29, 0.717) is 23.4 Å². The van der Waals surface area contributed by atoms with Gasteiger partial charge in [-0.2, -0.15) is 0 Å². The van der Waals surface area contributed by atoms with E-state index in [9.17, 15) is 4.39 Å². The van der Waals surface area contributed by atoms with Crippen molar-refractivity contribution in [3.05, 3.63) is 28.5 Å². The molecule has 0 aliphatic rings. The summed E-state index contributed by atoms with van der Waals surface area (Å²) in [5.41, 5.74) is 5.32. The molecule has 0 saturated carbocycles. The van der Waals surface area contributed by atoms with Crippen molar-refractivity contribution in [2.24, 2.45) is 5.73 Å². The molecule has 0 aliphatic heterocycles. The van der Waals surface area contributed by atoms with Crippen LogP contribution in [0.1, 0.15) is 12.8 Å². The Bertz CT molecular complexity index is 293. The molecular formula is C10H13BrFNO. The van der Waals surface area contributed by atoms with Crippen LogP contribution in [0.5, 0.6) is 5.75 Å². The van der Waals surface area contributed by atoms with E-state index in [4.69, 9.17) is 10.5 Å². The smallest absolute Gasteiger partial charge is 0.166 e. The van der Waals surface area contributed by atoms with Crippen LogP contribution in [0.25, 0.3) is 0 Å². The summed E-state index contributed by atoms with van der Waals surface area (Å²) < 4.78 is 19.1. The van der Waals surface area contributed by atoms with E-state index in [2.05, 4.69) is 15.9 Å². The molecule has 1 rings (SSSR count). The fraction of sp³-hybridized carbons (Fsp3) is 0.400. The molecule has 0 unspecified atom stereocenters. The number of rotatable bonds is 5. The Balaban J connectivity index is 2.42. The molecule has 14 heavy (non-hydrogen) atoms. The monoisotopic (exact) mass is 261 g/mol. The highest BCUT2D eigenvalue weighted by Crippen LogP contribution is 2.21. The summed E-state index contributed by atoms with van der Waals surface area (Å²) in [6, 6.07) is 4.75. The molecule has 2 nitrogen and oxygen atoms in total. The molecule has 0 aliphatic carbocycles. The van der Waals surface area contributed by atoms with Gasteiger partial charge >= 0.3 is 0 Å². The van der Waals surface area contributed by atoms with Gasteiger partial charge in [0.1, 0.15) is 0 Å². The van der Waals surface area contributed by atoms with E-state index in [-0.39, 0.29) is 5.82 Å². The van der Waals surface area contributed by atoms with Gasteiger partial charge in [0.25, 0.3) is 0 Å². The van der Waals surface area contributed by atoms with Gasteiger partial charge in [-0.05, 0) is 37.6 Å². The fourth-order valence-electron chi connectivity index (χ4n) is 1.02. The third-order valence-electron chi connectivity index (χ3n) is 1.75. The summed E-state index contributed by atoms with van der Waals surface area (Å²) in [7, 11) is 0. The number of nitrogens with two attached hydrogens (primary N) is 1. The van der Waals surface area contributed by atoms with Crippen LogP contribution in [0.2, 0.25) is 0 Å². The first-order valence-electron chi connectivity index (χ1n) is 4.52. The summed E-state index contributed by atoms with van der Waals surface area (Å²) in [5.74, 6) is -0.0441. The lowest BCUT2D eigenvalue weighted by molar-refractivity contribution is 0.293. The van der Waals surface area contributed by atoms with Gasteiger partial charge in [0.2, 0.25) is 0 Å². The Morgan fingerprint density at radius 3 is 2.79 bits per heavy atom. The molecule has 0 aromatic heterocycles. The Labute approximate surface area is 91.4 Å². The molecule has 2 N–H and O–H groups in total. The standard InChI is InChI=1S/C10H13BrFNO/c11-8-3-4-10(9(12)7-8)14-6-2-1-5-13/h3-4,7H,1-2,5-6,13H2. The zero-order valence-corrected chi connectivity index (χ0v) is 9.39. The lowest BCUT2D eigenvalue weighted by atomic mass is 10.3. The van der Waals surface area contributed by atoms with Gasteiger partial charge in [0.15, 0.2) is 11.6 Å². The SMILES string of the molecule is NCCCCOc1ccc(Br)cc1F. The molecule has 0 saturated heterocycles. The van der Waals surface area contributed by atoms with Crippen molar-refractivity contribution >= 4 is 15.9 Å². The van der Waals surface area contributed by atoms with Crippen LogP contribution < -0.4 is 10.5 Å². The minimum Gasteiger partial charge on any atom is -0.491 e. The van der Waals surface area contributed by atoms with Gasteiger partial charge in [-0.1, -0.05) is 15.9 Å². The molecule has 0 heterocycles. The van der Waals surface area contributed by atoms with E-state index in [1.807, 2.05) is 0 Å². The maximum atomic E-state index is 13.2. The Hall–Kier alpha value is -0.610. The summed E-state index contributed by atoms with van der Waals surface area (Å²) in [4.78, 5) is 0. The highest BCUT2D eigenvalue weighted by atomic mass is 79.9. The molecule has 78 valence electrons. The lowest BCUT2D eigenvalue weighted by Gasteiger charge is -2.06. The summed E-state index contributed by atoms with van der Waals surface area (Å²) in [6.07, 6.45) is 1.75. The van der Waals surface area contributed by atoms with Crippen LogP contribution in [0.3, 0.4) is 0 Å². The molecule has 0 atom stereocenters. The quantitative estimate of drug-likeness (QED) is 0.828. The number of ether oxygens (including phenoxy) is 1. The Morgan fingerprint density at radius 2 is 2.14 bits per heavy atom. The zero-order valence-electron chi connectivity index (χ0n) is 7.80. The average Bonchev–Trinajstić information content (AvgIpc) is 2.15. The van der Waals surface area contributed by atoms with Crippen LogP contribution in [0.4, 0.5) is 4.39 Å². The molecule has 4 heteroatoms. The Morgan fingerprint density at radius 1 is 1.36 bits per heavy atom. The number of hydrogen-bond acceptors (Lipinski definition) is 2. The topological polar surface area (TPSA) is 35.2 Å².